The lowest BCUT2D eigenvalue weighted by Gasteiger charge is -2.15. The Balaban J connectivity index is 3.34. The number of alkyl halides is 6. The molecule has 0 saturated carbocycles. The Morgan fingerprint density at radius 3 is 2.39 bits per heavy atom. The van der Waals surface area contributed by atoms with Crippen molar-refractivity contribution in [2.24, 2.45) is 0 Å². The van der Waals surface area contributed by atoms with Gasteiger partial charge in [-0.25, -0.2) is 8.78 Å². The van der Waals surface area contributed by atoms with Gasteiger partial charge < -0.3 is 4.74 Å². The molecule has 0 spiro atoms. The predicted octanol–water partition coefficient (Wildman–Crippen LogP) is 3.94. The molecule has 100 valence electrons. The Morgan fingerprint density at radius 2 is 1.94 bits per heavy atom. The topological polar surface area (TPSA) is 26.3 Å². The molecule has 0 fully saturated rings. The van der Waals surface area contributed by atoms with Gasteiger partial charge in [-0.3, -0.25) is 4.79 Å². The normalized spacial score (nSPS) is 11.7. The second-order valence-corrected chi connectivity index (χ2v) is 3.40. The summed E-state index contributed by atoms with van der Waals surface area (Å²) in [6.45, 7) is 0. The van der Waals surface area contributed by atoms with E-state index in [1.54, 1.807) is 0 Å². The monoisotopic (exact) mass is 288 g/mol. The maximum Gasteiger partial charge on any atom is 0.573 e. The maximum atomic E-state index is 12.6. The van der Waals surface area contributed by atoms with Crippen molar-refractivity contribution in [1.82, 2.24) is 0 Å². The number of para-hydroxylation sites is 1. The van der Waals surface area contributed by atoms with Crippen LogP contribution in [0.3, 0.4) is 0 Å². The van der Waals surface area contributed by atoms with E-state index in [1.807, 2.05) is 0 Å². The van der Waals surface area contributed by atoms with Gasteiger partial charge in [0.05, 0.1) is 17.0 Å². The summed E-state index contributed by atoms with van der Waals surface area (Å²) in [7, 11) is 0. The summed E-state index contributed by atoms with van der Waals surface area (Å²) < 4.78 is 65.0. The fourth-order valence-corrected chi connectivity index (χ4v) is 1.39. The molecule has 1 aromatic rings. The number of Topliss-reactive ketones (excluding diaryl/α,β-unsaturated/α-hetero) is 1. The largest absolute Gasteiger partial charge is 0.573 e. The molecule has 0 atom stereocenters. The van der Waals surface area contributed by atoms with Gasteiger partial charge in [0.15, 0.2) is 5.78 Å². The number of ketones is 1. The molecule has 0 aliphatic rings. The third-order valence-corrected chi connectivity index (χ3v) is 2.16. The van der Waals surface area contributed by atoms with E-state index in [2.05, 4.69) is 4.74 Å². The van der Waals surface area contributed by atoms with E-state index in [9.17, 15) is 26.7 Å². The van der Waals surface area contributed by atoms with Crippen molar-refractivity contribution in [1.29, 1.82) is 0 Å². The van der Waals surface area contributed by atoms with Gasteiger partial charge in [0.25, 0.3) is 6.43 Å². The van der Waals surface area contributed by atoms with Gasteiger partial charge in [-0.05, 0) is 12.1 Å². The summed E-state index contributed by atoms with van der Waals surface area (Å²) >= 11 is 5.19. The molecule has 0 aliphatic heterocycles. The molecule has 8 heteroatoms. The molecule has 0 aromatic heterocycles. The zero-order valence-corrected chi connectivity index (χ0v) is 9.36. The average molecular weight is 289 g/mol. The first-order chi connectivity index (χ1) is 8.26. The van der Waals surface area contributed by atoms with Crippen LogP contribution in [0, 0.1) is 0 Å². The van der Waals surface area contributed by atoms with E-state index in [-0.39, 0.29) is 0 Å². The summed E-state index contributed by atoms with van der Waals surface area (Å²) in [5.74, 6) is -2.77. The lowest BCUT2D eigenvalue weighted by atomic mass is 10.1. The number of rotatable bonds is 4. The molecule has 1 rings (SSSR count). The number of hydrogen-bond donors (Lipinski definition) is 0. The van der Waals surface area contributed by atoms with Crippen LogP contribution in [-0.4, -0.2) is 18.0 Å². The fourth-order valence-electron chi connectivity index (χ4n) is 1.25. The molecule has 0 radical (unpaired) electrons. The summed E-state index contributed by atoms with van der Waals surface area (Å²) in [6, 6.07) is 2.72. The Morgan fingerprint density at radius 1 is 1.33 bits per heavy atom. The number of carbonyl (C=O) groups excluding carboxylic acids is 1. The van der Waals surface area contributed by atoms with E-state index in [4.69, 9.17) is 11.6 Å². The van der Waals surface area contributed by atoms with Gasteiger partial charge in [-0.2, -0.15) is 0 Å². The highest BCUT2D eigenvalue weighted by molar-refractivity contribution is 6.30. The zero-order valence-electron chi connectivity index (χ0n) is 8.60. The highest BCUT2D eigenvalue weighted by Crippen LogP contribution is 2.36. The van der Waals surface area contributed by atoms with Crippen molar-refractivity contribution in [2.45, 2.75) is 12.8 Å². The van der Waals surface area contributed by atoms with Gasteiger partial charge in [-0.1, -0.05) is 6.07 Å². The van der Waals surface area contributed by atoms with Crippen molar-refractivity contribution >= 4 is 17.4 Å². The minimum atomic E-state index is -5.17. The lowest BCUT2D eigenvalue weighted by Crippen LogP contribution is -2.20. The molecular weight excluding hydrogens is 283 g/mol. The van der Waals surface area contributed by atoms with Gasteiger partial charge >= 0.3 is 6.36 Å². The van der Waals surface area contributed by atoms with E-state index in [0.717, 1.165) is 18.2 Å². The molecule has 0 saturated heterocycles. The summed E-state index contributed by atoms with van der Waals surface area (Å²) in [5, 5.41) is 0. The predicted molar refractivity (Wildman–Crippen MR) is 53.1 cm³/mol. The molecule has 0 bridgehead atoms. The van der Waals surface area contributed by atoms with Crippen LogP contribution in [-0.2, 0) is 0 Å². The lowest BCUT2D eigenvalue weighted by molar-refractivity contribution is -0.275. The Kier molecular flexibility index (Phi) is 4.50. The first kappa shape index (κ1) is 14.7. The third kappa shape index (κ3) is 3.56. The van der Waals surface area contributed by atoms with Crippen molar-refractivity contribution in [3.05, 3.63) is 29.3 Å². The molecular formula is C10H6ClF5O2. The quantitative estimate of drug-likeness (QED) is 0.476. The van der Waals surface area contributed by atoms with E-state index in [0.29, 0.717) is 0 Å². The maximum absolute atomic E-state index is 12.6. The first-order valence-corrected chi connectivity index (χ1v) is 5.05. The second kappa shape index (κ2) is 5.51. The van der Waals surface area contributed by atoms with Gasteiger partial charge in [-0.15, -0.1) is 24.8 Å². The van der Waals surface area contributed by atoms with Crippen LogP contribution in [0.5, 0.6) is 5.75 Å². The molecule has 0 amide bonds. The summed E-state index contributed by atoms with van der Waals surface area (Å²) in [5.41, 5.74) is -1.64. The fraction of sp³-hybridized carbons (Fsp3) is 0.300. The summed E-state index contributed by atoms with van der Waals surface area (Å²) in [6.07, 6.45) is -8.38. The highest BCUT2D eigenvalue weighted by atomic mass is 35.5. The number of benzene rings is 1. The smallest absolute Gasteiger partial charge is 0.404 e. The molecule has 0 aliphatic carbocycles. The third-order valence-electron chi connectivity index (χ3n) is 1.92. The highest BCUT2D eigenvalue weighted by Gasteiger charge is 2.35. The van der Waals surface area contributed by atoms with Gasteiger partial charge in [0.2, 0.25) is 0 Å². The van der Waals surface area contributed by atoms with Crippen molar-refractivity contribution in [3.63, 3.8) is 0 Å². The number of carbonyl (C=O) groups is 1. The van der Waals surface area contributed by atoms with Crippen LogP contribution in [0.1, 0.15) is 22.3 Å². The Bertz CT molecular complexity index is 444. The average Bonchev–Trinajstić information content (AvgIpc) is 2.25. The van der Waals surface area contributed by atoms with Crippen LogP contribution in [0.2, 0.25) is 0 Å². The molecule has 0 unspecified atom stereocenters. The Labute approximate surface area is 103 Å². The Hall–Kier alpha value is -1.37. The van der Waals surface area contributed by atoms with Crippen LogP contribution < -0.4 is 4.74 Å². The summed E-state index contributed by atoms with van der Waals surface area (Å²) in [4.78, 5) is 11.3. The molecule has 0 heterocycles. The van der Waals surface area contributed by atoms with Crippen LogP contribution in [0.15, 0.2) is 18.2 Å². The second-order valence-electron chi connectivity index (χ2n) is 3.13. The molecule has 2 nitrogen and oxygen atoms in total. The SMILES string of the molecule is O=C(CCl)c1cccc(C(F)F)c1OC(F)(F)F. The number of ether oxygens (including phenoxy) is 1. The molecule has 18 heavy (non-hydrogen) atoms. The van der Waals surface area contributed by atoms with Crippen LogP contribution in [0.4, 0.5) is 22.0 Å². The number of hydrogen-bond acceptors (Lipinski definition) is 2. The van der Waals surface area contributed by atoms with Crippen molar-refractivity contribution in [3.8, 4) is 5.75 Å². The van der Waals surface area contributed by atoms with Crippen LogP contribution in [0.25, 0.3) is 0 Å². The number of halogens is 6. The van der Waals surface area contributed by atoms with Crippen LogP contribution >= 0.6 is 11.6 Å². The first-order valence-electron chi connectivity index (χ1n) is 4.52. The minimum absolute atomic E-state index is 0.625. The van der Waals surface area contributed by atoms with Gasteiger partial charge in [0.1, 0.15) is 5.75 Å². The van der Waals surface area contributed by atoms with Crippen molar-refractivity contribution < 1.29 is 31.5 Å². The van der Waals surface area contributed by atoms with E-state index in [1.165, 1.54) is 0 Å². The molecule has 1 aromatic carbocycles. The van der Waals surface area contributed by atoms with E-state index >= 15 is 0 Å². The molecule has 0 N–H and O–H groups in total. The standard InChI is InChI=1S/C10H6ClF5O2/c11-4-7(17)5-2-1-3-6(9(12)13)8(5)18-10(14,15)16/h1-3,9H,4H2. The zero-order chi connectivity index (χ0) is 13.9. The van der Waals surface area contributed by atoms with Crippen molar-refractivity contribution in [2.75, 3.05) is 5.88 Å². The van der Waals surface area contributed by atoms with E-state index < -0.39 is 41.3 Å². The van der Waals surface area contributed by atoms with Gasteiger partial charge in [0, 0.05) is 0 Å². The minimum Gasteiger partial charge on any atom is -0.404 e.